The van der Waals surface area contributed by atoms with Crippen molar-refractivity contribution in [1.82, 2.24) is 0 Å². The molecule has 0 radical (unpaired) electrons. The molecule has 32 heavy (non-hydrogen) atoms. The number of amides is 2. The van der Waals surface area contributed by atoms with Gasteiger partial charge in [0.1, 0.15) is 36.3 Å². The second kappa shape index (κ2) is 9.61. The van der Waals surface area contributed by atoms with Crippen molar-refractivity contribution in [3.63, 3.8) is 0 Å². The molecule has 1 aliphatic heterocycles. The van der Waals surface area contributed by atoms with Gasteiger partial charge in [0.25, 0.3) is 0 Å². The monoisotopic (exact) mass is 442 g/mol. The van der Waals surface area contributed by atoms with Gasteiger partial charge in [-0.3, -0.25) is 0 Å². The number of quaternary nitrogens is 1. The number of likely N-dealkylation sites (tertiary alicyclic amines) is 1. The lowest BCUT2D eigenvalue weighted by Crippen LogP contribution is -2.59. The molecule has 0 aromatic heterocycles. The number of carbonyl (C=O) groups is 2. The molecule has 1 fully saturated rings. The molecule has 3 rings (SSSR count). The van der Waals surface area contributed by atoms with Gasteiger partial charge in [0, 0.05) is 6.42 Å². The lowest BCUT2D eigenvalue weighted by Gasteiger charge is -2.29. The van der Waals surface area contributed by atoms with E-state index < -0.39 is 16.7 Å². The van der Waals surface area contributed by atoms with Crippen molar-refractivity contribution in [2.24, 2.45) is 0 Å². The molecule has 7 heteroatoms. The van der Waals surface area contributed by atoms with Gasteiger partial charge in [-0.2, -0.15) is 9.59 Å². The standard InChI is InChI=1S/C25H32NO6/c1-18-15-22(31-20-11-13-21(14-12-20)32-25(2,3)4)16-26(18,23(27)29-5)24(28)30-17-19-9-7-6-8-10-19/h6-14,18,22H,15-17H2,1-5H3/q+1/t18-,22-,26+/m1/s1. The molecule has 1 aliphatic rings. The molecule has 0 bridgehead atoms. The minimum Gasteiger partial charge on any atom is -0.488 e. The van der Waals surface area contributed by atoms with Crippen LogP contribution in [0.2, 0.25) is 0 Å². The average Bonchev–Trinajstić information content (AvgIpc) is 3.09. The summed E-state index contributed by atoms with van der Waals surface area (Å²) in [6.07, 6.45) is -1.11. The second-order valence-electron chi connectivity index (χ2n) is 9.07. The first kappa shape index (κ1) is 23.6. The van der Waals surface area contributed by atoms with Crippen molar-refractivity contribution in [2.45, 2.75) is 58.5 Å². The minimum absolute atomic E-state index is 0.0875. The third-order valence-electron chi connectivity index (χ3n) is 5.43. The molecule has 7 nitrogen and oxygen atoms in total. The first-order valence-corrected chi connectivity index (χ1v) is 10.8. The van der Waals surface area contributed by atoms with Crippen molar-refractivity contribution in [2.75, 3.05) is 13.7 Å². The van der Waals surface area contributed by atoms with E-state index in [0.29, 0.717) is 12.2 Å². The number of hydrogen-bond donors (Lipinski definition) is 0. The van der Waals surface area contributed by atoms with Gasteiger partial charge in [-0.05, 0) is 57.5 Å². The lowest BCUT2D eigenvalue weighted by molar-refractivity contribution is -0.797. The quantitative estimate of drug-likeness (QED) is 0.584. The minimum atomic E-state index is -0.643. The number of methoxy groups -OCH3 is 1. The summed E-state index contributed by atoms with van der Waals surface area (Å²) in [7, 11) is 1.28. The highest BCUT2D eigenvalue weighted by Crippen LogP contribution is 2.33. The number of ether oxygens (including phenoxy) is 4. The molecule has 0 N–H and O–H groups in total. The van der Waals surface area contributed by atoms with Gasteiger partial charge in [-0.25, -0.2) is 0 Å². The van der Waals surface area contributed by atoms with Crippen molar-refractivity contribution in [3.8, 4) is 11.5 Å². The first-order chi connectivity index (χ1) is 15.1. The van der Waals surface area contributed by atoms with Gasteiger partial charge in [0.15, 0.2) is 6.10 Å². The zero-order valence-electron chi connectivity index (χ0n) is 19.4. The van der Waals surface area contributed by atoms with E-state index in [2.05, 4.69) is 0 Å². The third-order valence-corrected chi connectivity index (χ3v) is 5.43. The van der Waals surface area contributed by atoms with Crippen LogP contribution in [0.5, 0.6) is 11.5 Å². The summed E-state index contributed by atoms with van der Waals surface area (Å²) in [5, 5.41) is 0. The van der Waals surface area contributed by atoms with Crippen LogP contribution in [-0.4, -0.2) is 48.1 Å². The largest absolute Gasteiger partial charge is 0.527 e. The molecule has 0 saturated carbocycles. The lowest BCUT2D eigenvalue weighted by atomic mass is 10.2. The maximum atomic E-state index is 13.1. The number of rotatable bonds is 5. The predicted octanol–water partition coefficient (Wildman–Crippen LogP) is 5.32. The number of imide groups is 1. The zero-order valence-corrected chi connectivity index (χ0v) is 19.4. The van der Waals surface area contributed by atoms with Gasteiger partial charge in [0.2, 0.25) is 0 Å². The van der Waals surface area contributed by atoms with Crippen molar-refractivity contribution >= 4 is 12.2 Å². The summed E-state index contributed by atoms with van der Waals surface area (Å²) >= 11 is 0. The van der Waals surface area contributed by atoms with Crippen LogP contribution in [-0.2, 0) is 16.1 Å². The Balaban J connectivity index is 1.70. The Hall–Kier alpha value is -3.06. The van der Waals surface area contributed by atoms with E-state index in [4.69, 9.17) is 18.9 Å². The van der Waals surface area contributed by atoms with Crippen molar-refractivity contribution < 1.29 is 33.0 Å². The van der Waals surface area contributed by atoms with E-state index >= 15 is 0 Å². The Labute approximate surface area is 189 Å². The molecule has 1 saturated heterocycles. The summed E-state index contributed by atoms with van der Waals surface area (Å²) in [6.45, 7) is 8.02. The van der Waals surface area contributed by atoms with Crippen molar-refractivity contribution in [1.29, 1.82) is 0 Å². The summed E-state index contributed by atoms with van der Waals surface area (Å²) in [5.41, 5.74) is 0.558. The number of hydrogen-bond acceptors (Lipinski definition) is 6. The SMILES string of the molecule is COC(=O)[N@+]1(C(=O)OCc2ccccc2)C[C@H](Oc2ccc(OC(C)(C)C)cc2)C[C@H]1C. The summed E-state index contributed by atoms with van der Waals surface area (Å²) in [5.74, 6) is 1.39. The van der Waals surface area contributed by atoms with E-state index in [1.807, 2.05) is 82.3 Å². The molecule has 2 amide bonds. The van der Waals surface area contributed by atoms with Crippen LogP contribution in [0.1, 0.15) is 39.7 Å². The first-order valence-electron chi connectivity index (χ1n) is 10.8. The molecule has 0 spiro atoms. The normalized spacial score (nSPS) is 22.8. The summed E-state index contributed by atoms with van der Waals surface area (Å²) in [4.78, 5) is 25.9. The van der Waals surface area contributed by atoms with Crippen LogP contribution in [0.25, 0.3) is 0 Å². The molecule has 2 aromatic rings. The molecule has 3 atom stereocenters. The van der Waals surface area contributed by atoms with E-state index in [0.717, 1.165) is 11.3 Å². The summed E-state index contributed by atoms with van der Waals surface area (Å²) in [6, 6.07) is 16.3. The van der Waals surface area contributed by atoms with Crippen LogP contribution in [0, 0.1) is 0 Å². The predicted molar refractivity (Wildman–Crippen MR) is 119 cm³/mol. The molecule has 1 heterocycles. The maximum absolute atomic E-state index is 13.1. The molecule has 0 unspecified atom stereocenters. The van der Waals surface area contributed by atoms with E-state index in [1.165, 1.54) is 7.11 Å². The number of benzene rings is 2. The van der Waals surface area contributed by atoms with Crippen molar-refractivity contribution in [3.05, 3.63) is 60.2 Å². The Morgan fingerprint density at radius 3 is 2.19 bits per heavy atom. The van der Waals surface area contributed by atoms with Crippen LogP contribution >= 0.6 is 0 Å². The topological polar surface area (TPSA) is 71.1 Å². The second-order valence-corrected chi connectivity index (χ2v) is 9.07. The fraction of sp³-hybridized carbons (Fsp3) is 0.440. The highest BCUT2D eigenvalue weighted by atomic mass is 16.6. The van der Waals surface area contributed by atoms with Crippen LogP contribution in [0.3, 0.4) is 0 Å². The van der Waals surface area contributed by atoms with Gasteiger partial charge in [-0.1, -0.05) is 30.3 Å². The smallest absolute Gasteiger partial charge is 0.488 e. The molecule has 2 aromatic carbocycles. The molecular formula is C25H32NO6+. The van der Waals surface area contributed by atoms with Crippen LogP contribution in [0.4, 0.5) is 9.59 Å². The third kappa shape index (κ3) is 5.40. The molecule has 0 aliphatic carbocycles. The van der Waals surface area contributed by atoms with Crippen LogP contribution in [0.15, 0.2) is 54.6 Å². The molecular weight excluding hydrogens is 410 g/mol. The number of carbonyl (C=O) groups excluding carboxylic acids is 2. The highest BCUT2D eigenvalue weighted by molar-refractivity contribution is 5.77. The van der Waals surface area contributed by atoms with Gasteiger partial charge in [-0.15, -0.1) is 4.48 Å². The Bertz CT molecular complexity index is 922. The van der Waals surface area contributed by atoms with Gasteiger partial charge >= 0.3 is 12.2 Å². The van der Waals surface area contributed by atoms with E-state index in [9.17, 15) is 9.59 Å². The highest BCUT2D eigenvalue weighted by Gasteiger charge is 2.59. The average molecular weight is 443 g/mol. The fourth-order valence-electron chi connectivity index (χ4n) is 3.93. The maximum Gasteiger partial charge on any atom is 0.527 e. The Morgan fingerprint density at radius 2 is 1.59 bits per heavy atom. The molecule has 172 valence electrons. The Morgan fingerprint density at radius 1 is 0.969 bits per heavy atom. The van der Waals surface area contributed by atoms with E-state index in [1.54, 1.807) is 0 Å². The van der Waals surface area contributed by atoms with E-state index in [-0.39, 0.29) is 30.9 Å². The van der Waals surface area contributed by atoms with Gasteiger partial charge in [0.05, 0.1) is 7.11 Å². The Kier molecular flexibility index (Phi) is 7.09. The fourth-order valence-corrected chi connectivity index (χ4v) is 3.93. The zero-order chi connectivity index (χ0) is 23.4. The van der Waals surface area contributed by atoms with Gasteiger partial charge < -0.3 is 18.9 Å². The summed E-state index contributed by atoms with van der Waals surface area (Å²) < 4.78 is 21.9. The number of nitrogens with zero attached hydrogens (tertiary/aromatic N) is 1. The van der Waals surface area contributed by atoms with Crippen LogP contribution < -0.4 is 9.47 Å².